The quantitative estimate of drug-likeness (QED) is 0.869. The molecule has 1 aromatic rings. The van der Waals surface area contributed by atoms with Gasteiger partial charge in [-0.05, 0) is 50.6 Å². The highest BCUT2D eigenvalue weighted by atomic mass is 79.9. The van der Waals surface area contributed by atoms with Crippen molar-refractivity contribution in [2.24, 2.45) is 5.92 Å². The van der Waals surface area contributed by atoms with E-state index in [1.165, 1.54) is 18.4 Å². The molecule has 118 valence electrons. The monoisotopic (exact) mass is 354 g/mol. The van der Waals surface area contributed by atoms with Crippen molar-refractivity contribution in [3.63, 3.8) is 0 Å². The van der Waals surface area contributed by atoms with Gasteiger partial charge in [-0.3, -0.25) is 4.90 Å². The molecule has 0 bridgehead atoms. The average molecular weight is 355 g/mol. The molecule has 0 radical (unpaired) electrons. The van der Waals surface area contributed by atoms with Crippen LogP contribution in [0.25, 0.3) is 0 Å². The van der Waals surface area contributed by atoms with Crippen molar-refractivity contribution in [1.82, 2.24) is 10.2 Å². The fraction of sp³-hybridized carbons (Fsp3) is 0.647. The Morgan fingerprint density at radius 1 is 1.43 bits per heavy atom. The van der Waals surface area contributed by atoms with E-state index >= 15 is 0 Å². The zero-order valence-corrected chi connectivity index (χ0v) is 15.1. The van der Waals surface area contributed by atoms with Gasteiger partial charge in [0, 0.05) is 28.7 Å². The molecular formula is C17H27BrN2O. The van der Waals surface area contributed by atoms with E-state index in [4.69, 9.17) is 4.74 Å². The van der Waals surface area contributed by atoms with Crippen LogP contribution >= 0.6 is 15.9 Å². The van der Waals surface area contributed by atoms with Crippen LogP contribution in [0.15, 0.2) is 22.7 Å². The summed E-state index contributed by atoms with van der Waals surface area (Å²) in [6.07, 6.45) is 2.54. The molecule has 0 saturated carbocycles. The standard InChI is InChI=1S/C17H27BrN2O/c1-12(2)19-11-13-6-5-9-20(3)17(13)15-10-14(18)7-8-16(15)21-4/h7-8,10,12-13,17,19H,5-6,9,11H2,1-4H3. The van der Waals surface area contributed by atoms with Crippen LogP contribution in [0.3, 0.4) is 0 Å². The summed E-state index contributed by atoms with van der Waals surface area (Å²) < 4.78 is 6.73. The van der Waals surface area contributed by atoms with Gasteiger partial charge in [-0.2, -0.15) is 0 Å². The summed E-state index contributed by atoms with van der Waals surface area (Å²) in [6.45, 7) is 6.63. The molecule has 1 aliphatic rings. The van der Waals surface area contributed by atoms with Crippen molar-refractivity contribution < 1.29 is 4.74 Å². The highest BCUT2D eigenvalue weighted by Crippen LogP contribution is 2.40. The van der Waals surface area contributed by atoms with Gasteiger partial charge in [0.1, 0.15) is 5.75 Å². The van der Waals surface area contributed by atoms with Gasteiger partial charge in [-0.25, -0.2) is 0 Å². The summed E-state index contributed by atoms with van der Waals surface area (Å²) in [5.74, 6) is 1.61. The van der Waals surface area contributed by atoms with E-state index in [9.17, 15) is 0 Å². The van der Waals surface area contributed by atoms with Crippen LogP contribution in [0.2, 0.25) is 0 Å². The van der Waals surface area contributed by atoms with E-state index in [0.717, 1.165) is 23.3 Å². The lowest BCUT2D eigenvalue weighted by molar-refractivity contribution is 0.115. The highest BCUT2D eigenvalue weighted by Gasteiger charge is 2.32. The number of piperidine rings is 1. The minimum Gasteiger partial charge on any atom is -0.496 e. The fourth-order valence-corrected chi connectivity index (χ4v) is 3.67. The Labute approximate surface area is 137 Å². The minimum atomic E-state index is 0.414. The maximum absolute atomic E-state index is 5.61. The van der Waals surface area contributed by atoms with Gasteiger partial charge in [0.05, 0.1) is 7.11 Å². The minimum absolute atomic E-state index is 0.414. The summed E-state index contributed by atoms with van der Waals surface area (Å²) in [5.41, 5.74) is 1.30. The summed E-state index contributed by atoms with van der Waals surface area (Å²) in [5, 5.41) is 3.61. The molecule has 0 aliphatic carbocycles. The second kappa shape index (κ2) is 7.61. The molecule has 21 heavy (non-hydrogen) atoms. The molecule has 4 heteroatoms. The number of ether oxygens (including phenoxy) is 1. The molecule has 2 rings (SSSR count). The number of benzene rings is 1. The van der Waals surface area contributed by atoms with Crippen LogP contribution in [0.4, 0.5) is 0 Å². The molecule has 0 spiro atoms. The first-order valence-electron chi connectivity index (χ1n) is 7.80. The molecule has 1 saturated heterocycles. The lowest BCUT2D eigenvalue weighted by atomic mass is 9.84. The largest absolute Gasteiger partial charge is 0.496 e. The number of hydrogen-bond acceptors (Lipinski definition) is 3. The first kappa shape index (κ1) is 16.8. The van der Waals surface area contributed by atoms with Crippen molar-refractivity contribution in [2.45, 2.75) is 38.8 Å². The van der Waals surface area contributed by atoms with Gasteiger partial charge in [0.2, 0.25) is 0 Å². The predicted octanol–water partition coefficient (Wildman–Crippen LogP) is 3.84. The summed E-state index contributed by atoms with van der Waals surface area (Å²) in [7, 11) is 3.99. The number of nitrogens with one attached hydrogen (secondary N) is 1. The number of hydrogen-bond donors (Lipinski definition) is 1. The Morgan fingerprint density at radius 2 is 2.19 bits per heavy atom. The van der Waals surface area contributed by atoms with E-state index in [1.54, 1.807) is 7.11 Å². The van der Waals surface area contributed by atoms with Crippen LogP contribution in [0.5, 0.6) is 5.75 Å². The lowest BCUT2D eigenvalue weighted by Gasteiger charge is -2.40. The van der Waals surface area contributed by atoms with Gasteiger partial charge in [0.15, 0.2) is 0 Å². The van der Waals surface area contributed by atoms with Crippen LogP contribution in [0, 0.1) is 5.92 Å². The van der Waals surface area contributed by atoms with Crippen LogP contribution in [-0.2, 0) is 0 Å². The number of nitrogens with zero attached hydrogens (tertiary/aromatic N) is 1. The van der Waals surface area contributed by atoms with E-state index < -0.39 is 0 Å². The average Bonchev–Trinajstić information content (AvgIpc) is 2.45. The molecule has 1 heterocycles. The number of halogens is 1. The normalized spacial score (nSPS) is 23.5. The van der Waals surface area contributed by atoms with Gasteiger partial charge in [-0.1, -0.05) is 29.8 Å². The molecular weight excluding hydrogens is 328 g/mol. The molecule has 2 atom stereocenters. The molecule has 0 amide bonds. The van der Waals surface area contributed by atoms with Gasteiger partial charge < -0.3 is 10.1 Å². The molecule has 3 nitrogen and oxygen atoms in total. The summed E-state index contributed by atoms with van der Waals surface area (Å²) in [4.78, 5) is 2.47. The van der Waals surface area contributed by atoms with Crippen molar-refractivity contribution in [3.8, 4) is 5.75 Å². The fourth-order valence-electron chi connectivity index (χ4n) is 3.29. The topological polar surface area (TPSA) is 24.5 Å². The third-order valence-corrected chi connectivity index (χ3v) is 4.80. The van der Waals surface area contributed by atoms with Gasteiger partial charge >= 0.3 is 0 Å². The number of rotatable bonds is 5. The molecule has 1 aliphatic heterocycles. The maximum atomic E-state index is 5.61. The molecule has 1 fully saturated rings. The smallest absolute Gasteiger partial charge is 0.123 e. The van der Waals surface area contributed by atoms with Crippen LogP contribution < -0.4 is 10.1 Å². The summed E-state index contributed by atoms with van der Waals surface area (Å²) >= 11 is 3.60. The third-order valence-electron chi connectivity index (χ3n) is 4.31. The zero-order valence-electron chi connectivity index (χ0n) is 13.5. The van der Waals surface area contributed by atoms with Crippen LogP contribution in [0.1, 0.15) is 38.3 Å². The molecule has 1 N–H and O–H groups in total. The molecule has 2 unspecified atom stereocenters. The van der Waals surface area contributed by atoms with E-state index in [-0.39, 0.29) is 0 Å². The van der Waals surface area contributed by atoms with Crippen molar-refractivity contribution in [3.05, 3.63) is 28.2 Å². The molecule has 0 aromatic heterocycles. The van der Waals surface area contributed by atoms with E-state index in [0.29, 0.717) is 18.0 Å². The zero-order chi connectivity index (χ0) is 15.4. The Balaban J connectivity index is 2.29. The number of methoxy groups -OCH3 is 1. The van der Waals surface area contributed by atoms with Crippen molar-refractivity contribution >= 4 is 15.9 Å². The van der Waals surface area contributed by atoms with Gasteiger partial charge in [-0.15, -0.1) is 0 Å². The second-order valence-corrected chi connectivity index (χ2v) is 7.19. The Hall–Kier alpha value is -0.580. The predicted molar refractivity (Wildman–Crippen MR) is 91.9 cm³/mol. The number of likely N-dealkylation sites (tertiary alicyclic amines) is 1. The Kier molecular flexibility index (Phi) is 6.08. The van der Waals surface area contributed by atoms with E-state index in [2.05, 4.69) is 59.2 Å². The van der Waals surface area contributed by atoms with Crippen LogP contribution in [-0.4, -0.2) is 38.2 Å². The SMILES string of the molecule is COc1ccc(Br)cc1C1C(CNC(C)C)CCCN1C. The Bertz CT molecular complexity index is 464. The summed E-state index contributed by atoms with van der Waals surface area (Å²) in [6, 6.07) is 7.27. The first-order valence-corrected chi connectivity index (χ1v) is 8.59. The molecule has 1 aromatic carbocycles. The maximum Gasteiger partial charge on any atom is 0.123 e. The van der Waals surface area contributed by atoms with E-state index in [1.807, 2.05) is 6.07 Å². The first-order chi connectivity index (χ1) is 10.0. The van der Waals surface area contributed by atoms with Gasteiger partial charge in [0.25, 0.3) is 0 Å². The van der Waals surface area contributed by atoms with Crippen molar-refractivity contribution in [1.29, 1.82) is 0 Å². The highest BCUT2D eigenvalue weighted by molar-refractivity contribution is 9.10. The second-order valence-electron chi connectivity index (χ2n) is 6.28. The lowest BCUT2D eigenvalue weighted by Crippen LogP contribution is -2.42. The Morgan fingerprint density at radius 3 is 2.86 bits per heavy atom. The van der Waals surface area contributed by atoms with Crippen molar-refractivity contribution in [2.75, 3.05) is 27.2 Å². The third kappa shape index (κ3) is 4.21.